The fraction of sp³-hybridized carbons (Fsp3) is 0.357. The van der Waals surface area contributed by atoms with Gasteiger partial charge in [-0.15, -0.1) is 0 Å². The maximum Gasteiger partial charge on any atom is 0.150 e. The third-order valence-electron chi connectivity index (χ3n) is 2.89. The third kappa shape index (κ3) is 2.81. The van der Waals surface area contributed by atoms with E-state index < -0.39 is 11.6 Å². The summed E-state index contributed by atoms with van der Waals surface area (Å²) in [5.74, 6) is -0.470. The molecule has 0 amide bonds. The Hall–Kier alpha value is -1.75. The van der Waals surface area contributed by atoms with Crippen LogP contribution in [0, 0.1) is 11.6 Å². The smallest absolute Gasteiger partial charge is 0.150 e. The van der Waals surface area contributed by atoms with E-state index in [9.17, 15) is 8.78 Å². The predicted octanol–water partition coefficient (Wildman–Crippen LogP) is 2.82. The number of nitrogens with zero attached hydrogens (tertiary/aromatic N) is 2. The van der Waals surface area contributed by atoms with Crippen molar-refractivity contribution >= 4 is 0 Å². The van der Waals surface area contributed by atoms with Crippen LogP contribution in [0.1, 0.15) is 24.7 Å². The zero-order chi connectivity index (χ0) is 13.8. The third-order valence-corrected chi connectivity index (χ3v) is 2.89. The highest BCUT2D eigenvalue weighted by molar-refractivity contribution is 5.39. The van der Waals surface area contributed by atoms with Crippen LogP contribution in [0.25, 0.3) is 5.69 Å². The Morgan fingerprint density at radius 1 is 1.26 bits per heavy atom. The summed E-state index contributed by atoms with van der Waals surface area (Å²) >= 11 is 0. The van der Waals surface area contributed by atoms with Crippen molar-refractivity contribution in [1.29, 1.82) is 0 Å². The summed E-state index contributed by atoms with van der Waals surface area (Å²) in [7, 11) is 1.74. The molecular weight excluding hydrogens is 248 g/mol. The van der Waals surface area contributed by atoms with Gasteiger partial charge in [0.2, 0.25) is 0 Å². The van der Waals surface area contributed by atoms with E-state index in [1.54, 1.807) is 19.4 Å². The van der Waals surface area contributed by atoms with Crippen LogP contribution in [0.3, 0.4) is 0 Å². The van der Waals surface area contributed by atoms with Crippen LogP contribution in [-0.2, 0) is 13.0 Å². The van der Waals surface area contributed by atoms with Gasteiger partial charge in [0.15, 0.2) is 11.6 Å². The number of rotatable bonds is 5. The van der Waals surface area contributed by atoms with Crippen LogP contribution in [0.4, 0.5) is 8.78 Å². The first-order valence-corrected chi connectivity index (χ1v) is 6.32. The summed E-state index contributed by atoms with van der Waals surface area (Å²) in [6, 6.07) is 2.70. The van der Waals surface area contributed by atoms with Crippen LogP contribution in [0.15, 0.2) is 24.5 Å². The SMILES string of the molecule is CCCc1nccn1-c1c(F)cc(CNC)cc1F. The maximum absolute atomic E-state index is 14.1. The monoisotopic (exact) mass is 265 g/mol. The van der Waals surface area contributed by atoms with Crippen molar-refractivity contribution in [3.8, 4) is 5.69 Å². The summed E-state index contributed by atoms with van der Waals surface area (Å²) in [5.41, 5.74) is 0.527. The topological polar surface area (TPSA) is 29.9 Å². The van der Waals surface area contributed by atoms with Crippen molar-refractivity contribution in [2.24, 2.45) is 0 Å². The second-order valence-corrected chi connectivity index (χ2v) is 4.40. The van der Waals surface area contributed by atoms with Gasteiger partial charge in [-0.1, -0.05) is 6.92 Å². The molecule has 5 heteroatoms. The van der Waals surface area contributed by atoms with Gasteiger partial charge in [0.1, 0.15) is 11.5 Å². The van der Waals surface area contributed by atoms with Gasteiger partial charge < -0.3 is 5.32 Å². The Kier molecular flexibility index (Phi) is 4.27. The minimum absolute atomic E-state index is 0.0548. The molecule has 0 radical (unpaired) electrons. The number of hydrogen-bond donors (Lipinski definition) is 1. The molecule has 19 heavy (non-hydrogen) atoms. The van der Waals surface area contributed by atoms with Crippen LogP contribution in [-0.4, -0.2) is 16.6 Å². The molecule has 1 N–H and O–H groups in total. The number of halogens is 2. The molecule has 0 unspecified atom stereocenters. The minimum Gasteiger partial charge on any atom is -0.316 e. The molecule has 0 aliphatic carbocycles. The number of hydrogen-bond acceptors (Lipinski definition) is 2. The van der Waals surface area contributed by atoms with Crippen LogP contribution in [0.5, 0.6) is 0 Å². The summed E-state index contributed by atoms with van der Waals surface area (Å²) in [6.45, 7) is 2.43. The standard InChI is InChI=1S/C14H17F2N3/c1-3-4-13-18-5-6-19(13)14-11(15)7-10(9-17-2)8-12(14)16/h5-8,17H,3-4,9H2,1-2H3. The van der Waals surface area contributed by atoms with Crippen LogP contribution in [0.2, 0.25) is 0 Å². The van der Waals surface area contributed by atoms with Crippen molar-refractivity contribution in [1.82, 2.24) is 14.9 Å². The van der Waals surface area contributed by atoms with Gasteiger partial charge in [0.25, 0.3) is 0 Å². The zero-order valence-corrected chi connectivity index (χ0v) is 11.1. The van der Waals surface area contributed by atoms with E-state index in [0.717, 1.165) is 6.42 Å². The first-order valence-electron chi connectivity index (χ1n) is 6.32. The van der Waals surface area contributed by atoms with Crippen molar-refractivity contribution < 1.29 is 8.78 Å². The molecule has 2 aromatic rings. The Labute approximate surface area is 111 Å². The molecule has 0 bridgehead atoms. The fourth-order valence-electron chi connectivity index (χ4n) is 2.10. The Morgan fingerprint density at radius 3 is 2.53 bits per heavy atom. The van der Waals surface area contributed by atoms with E-state index in [-0.39, 0.29) is 5.69 Å². The maximum atomic E-state index is 14.1. The van der Waals surface area contributed by atoms with Gasteiger partial charge in [-0.3, -0.25) is 4.57 Å². The van der Waals surface area contributed by atoms with Crippen molar-refractivity contribution in [3.63, 3.8) is 0 Å². The number of nitrogens with one attached hydrogen (secondary N) is 1. The van der Waals surface area contributed by atoms with Crippen LogP contribution >= 0.6 is 0 Å². The lowest BCUT2D eigenvalue weighted by Gasteiger charge is -2.11. The summed E-state index contributed by atoms with van der Waals surface area (Å²) < 4.78 is 29.7. The highest BCUT2D eigenvalue weighted by Gasteiger charge is 2.15. The van der Waals surface area contributed by atoms with E-state index in [4.69, 9.17) is 0 Å². The van der Waals surface area contributed by atoms with E-state index in [2.05, 4.69) is 10.3 Å². The number of imidazole rings is 1. The van der Waals surface area contributed by atoms with Gasteiger partial charge in [0.05, 0.1) is 0 Å². The van der Waals surface area contributed by atoms with E-state index in [1.807, 2.05) is 6.92 Å². The van der Waals surface area contributed by atoms with Crippen molar-refractivity contribution in [3.05, 3.63) is 47.5 Å². The molecule has 1 aromatic heterocycles. The van der Waals surface area contributed by atoms with E-state index >= 15 is 0 Å². The Morgan fingerprint density at radius 2 is 1.95 bits per heavy atom. The normalized spacial score (nSPS) is 10.9. The quantitative estimate of drug-likeness (QED) is 0.901. The highest BCUT2D eigenvalue weighted by atomic mass is 19.1. The van der Waals surface area contributed by atoms with Gasteiger partial charge >= 0.3 is 0 Å². The molecular formula is C14H17F2N3. The Balaban J connectivity index is 2.47. The second-order valence-electron chi connectivity index (χ2n) is 4.40. The summed E-state index contributed by atoms with van der Waals surface area (Å²) in [6.07, 6.45) is 4.71. The lowest BCUT2D eigenvalue weighted by molar-refractivity contribution is 0.560. The zero-order valence-electron chi connectivity index (χ0n) is 11.1. The average molecular weight is 265 g/mol. The molecule has 1 aromatic carbocycles. The van der Waals surface area contributed by atoms with E-state index in [0.29, 0.717) is 24.4 Å². The highest BCUT2D eigenvalue weighted by Crippen LogP contribution is 2.21. The Bertz CT molecular complexity index is 541. The number of aryl methyl sites for hydroxylation is 1. The molecule has 3 nitrogen and oxygen atoms in total. The lowest BCUT2D eigenvalue weighted by atomic mass is 10.1. The van der Waals surface area contributed by atoms with Crippen molar-refractivity contribution in [2.45, 2.75) is 26.3 Å². The van der Waals surface area contributed by atoms with E-state index in [1.165, 1.54) is 16.7 Å². The molecule has 0 spiro atoms. The second kappa shape index (κ2) is 5.93. The fourth-order valence-corrected chi connectivity index (χ4v) is 2.10. The molecule has 2 rings (SSSR count). The largest absolute Gasteiger partial charge is 0.316 e. The van der Waals surface area contributed by atoms with Gasteiger partial charge in [-0.2, -0.15) is 0 Å². The molecule has 102 valence electrons. The molecule has 1 heterocycles. The molecule has 0 atom stereocenters. The minimum atomic E-state index is -0.569. The van der Waals surface area contributed by atoms with Crippen molar-refractivity contribution in [2.75, 3.05) is 7.05 Å². The number of aromatic nitrogens is 2. The molecule has 0 aliphatic heterocycles. The molecule has 0 fully saturated rings. The summed E-state index contributed by atoms with van der Waals surface area (Å²) in [4.78, 5) is 4.14. The predicted molar refractivity (Wildman–Crippen MR) is 70.2 cm³/mol. The van der Waals surface area contributed by atoms with Gasteiger partial charge in [-0.25, -0.2) is 13.8 Å². The van der Waals surface area contributed by atoms with Gasteiger partial charge in [0, 0.05) is 25.4 Å². The lowest BCUT2D eigenvalue weighted by Crippen LogP contribution is -2.09. The first-order chi connectivity index (χ1) is 9.17. The van der Waals surface area contributed by atoms with Crippen LogP contribution < -0.4 is 5.32 Å². The summed E-state index contributed by atoms with van der Waals surface area (Å²) in [5, 5.41) is 2.87. The average Bonchev–Trinajstić information content (AvgIpc) is 2.77. The van der Waals surface area contributed by atoms with Gasteiger partial charge in [-0.05, 0) is 31.2 Å². The first kappa shape index (κ1) is 13.7. The number of benzene rings is 1. The molecule has 0 aliphatic rings. The molecule has 0 saturated carbocycles. The molecule has 0 saturated heterocycles.